The zero-order valence-corrected chi connectivity index (χ0v) is 27.5. The zero-order chi connectivity index (χ0) is 35.1. The standard InChI is InChI=1S/C16H13ClN2O4.C15H16N2O6S2/c17-10-6-7-12-11(8-10)13(9-4-2-1-3-5-9)18-14(15(20)21)16(22,23)19-12;1-15(2)9(14(22)23)17-11(19)8(12(17)25-15)16-10(18)7(13(20)21)6-3-4-24-5-6/h1-8,14,19,22-23H,(H,20,21);3-5,7-9,12H,1-2H3,(H,16,18)(H,20,21)(H,22,23)/t;7-,8-,9+,12-/m.1/s1. The number of benzodiazepines with no additional fused rings is 1. The summed E-state index contributed by atoms with van der Waals surface area (Å²) in [6.45, 7) is 3.46. The lowest BCUT2D eigenvalue weighted by Crippen LogP contribution is -2.71. The Labute approximate surface area is 286 Å². The largest absolute Gasteiger partial charge is 0.480 e. The quantitative estimate of drug-likeness (QED) is 0.106. The lowest BCUT2D eigenvalue weighted by atomic mass is 9.95. The summed E-state index contributed by atoms with van der Waals surface area (Å²) in [7, 11) is 0. The average molecular weight is 717 g/mol. The molecule has 0 radical (unpaired) electrons. The number of carboxylic acid groups (broad SMARTS) is 3. The summed E-state index contributed by atoms with van der Waals surface area (Å²) in [6.07, 6.45) is 0. The highest BCUT2D eigenvalue weighted by Gasteiger charge is 2.64. The molecule has 6 rings (SSSR count). The summed E-state index contributed by atoms with van der Waals surface area (Å²) in [4.78, 5) is 64.4. The molecule has 3 aliphatic rings. The van der Waals surface area contributed by atoms with Crippen LogP contribution in [0.2, 0.25) is 5.02 Å². The first-order valence-electron chi connectivity index (χ1n) is 14.2. The normalized spacial score (nSPS) is 23.7. The van der Waals surface area contributed by atoms with Gasteiger partial charge in [-0.25, -0.2) is 9.59 Å². The minimum absolute atomic E-state index is 0.313. The van der Waals surface area contributed by atoms with E-state index < -0.39 is 69.8 Å². The van der Waals surface area contributed by atoms with Gasteiger partial charge < -0.3 is 41.1 Å². The first-order chi connectivity index (χ1) is 22.5. The van der Waals surface area contributed by atoms with E-state index in [1.807, 2.05) is 6.07 Å². The SMILES string of the molecule is CC1(C)S[C@@H]2[C@H](NC(=O)[C@H](C(=O)O)c3ccsc3)C(=O)N2[C@H]1C(=O)O.O=C(O)C1N=C(c2ccccc2)c2cc(Cl)ccc2NC1(O)O. The summed E-state index contributed by atoms with van der Waals surface area (Å²) < 4.78 is -0.703. The first kappa shape index (κ1) is 34.8. The number of hydrogen-bond acceptors (Lipinski definition) is 11. The van der Waals surface area contributed by atoms with Gasteiger partial charge >= 0.3 is 17.9 Å². The van der Waals surface area contributed by atoms with Crippen molar-refractivity contribution in [3.05, 3.63) is 87.1 Å². The second-order valence-electron chi connectivity index (χ2n) is 11.5. The highest BCUT2D eigenvalue weighted by molar-refractivity contribution is 8.01. The third-order valence-corrected chi connectivity index (χ3v) is 10.3. The number of nitrogens with one attached hydrogen (secondary N) is 2. The van der Waals surface area contributed by atoms with Gasteiger partial charge in [0, 0.05) is 26.6 Å². The number of aliphatic carboxylic acids is 3. The van der Waals surface area contributed by atoms with Crippen molar-refractivity contribution < 1.29 is 49.5 Å². The number of fused-ring (bicyclic) bond motifs is 2. The number of aliphatic imine (C=N–C) groups is 1. The number of carboxylic acids is 3. The van der Waals surface area contributed by atoms with Gasteiger partial charge in [-0.3, -0.25) is 19.4 Å². The predicted molar refractivity (Wildman–Crippen MR) is 176 cm³/mol. The molecule has 17 heteroatoms. The van der Waals surface area contributed by atoms with Crippen LogP contribution in [-0.2, 0) is 24.0 Å². The summed E-state index contributed by atoms with van der Waals surface area (Å²) in [6, 6.07) is 11.4. The predicted octanol–water partition coefficient (Wildman–Crippen LogP) is 2.24. The molecule has 48 heavy (non-hydrogen) atoms. The molecule has 0 bridgehead atoms. The highest BCUT2D eigenvalue weighted by Crippen LogP contribution is 2.50. The molecule has 0 saturated carbocycles. The molecule has 252 valence electrons. The molecule has 2 saturated heterocycles. The van der Waals surface area contributed by atoms with Crippen LogP contribution >= 0.6 is 34.7 Å². The number of hydrogen-bond donors (Lipinski definition) is 7. The van der Waals surface area contributed by atoms with Crippen LogP contribution in [0.3, 0.4) is 0 Å². The number of thioether (sulfide) groups is 1. The lowest BCUT2D eigenvalue weighted by Gasteiger charge is -2.43. The summed E-state index contributed by atoms with van der Waals surface area (Å²) in [5, 5.41) is 56.2. The van der Waals surface area contributed by atoms with Gasteiger partial charge in [-0.2, -0.15) is 11.3 Å². The van der Waals surface area contributed by atoms with Gasteiger partial charge in [0.1, 0.15) is 17.5 Å². The van der Waals surface area contributed by atoms with Crippen LogP contribution in [-0.4, -0.2) is 100 Å². The first-order valence-corrected chi connectivity index (χ1v) is 16.4. The van der Waals surface area contributed by atoms with Crippen molar-refractivity contribution >= 4 is 75.8 Å². The number of anilines is 1. The van der Waals surface area contributed by atoms with E-state index in [1.54, 1.807) is 73.1 Å². The molecular formula is C31H29ClN4O10S2. The fraction of sp³-hybridized carbons (Fsp3) is 0.290. The topological polar surface area (TPSA) is 226 Å². The average Bonchev–Trinajstić information content (AvgIpc) is 3.59. The molecule has 2 fully saturated rings. The number of benzene rings is 2. The molecule has 2 amide bonds. The van der Waals surface area contributed by atoms with Crippen LogP contribution in [0.15, 0.2) is 70.3 Å². The monoisotopic (exact) mass is 716 g/mol. The maximum Gasteiger partial charge on any atom is 0.336 e. The number of carbonyl (C=O) groups is 5. The molecule has 0 aliphatic carbocycles. The maximum atomic E-state index is 12.4. The van der Waals surface area contributed by atoms with Crippen LogP contribution in [0.25, 0.3) is 0 Å². The van der Waals surface area contributed by atoms with Gasteiger partial charge in [0.25, 0.3) is 5.91 Å². The van der Waals surface area contributed by atoms with Crippen molar-refractivity contribution in [2.24, 2.45) is 4.99 Å². The second-order valence-corrected chi connectivity index (χ2v) is 14.5. The van der Waals surface area contributed by atoms with E-state index in [-0.39, 0.29) is 0 Å². The molecule has 3 aromatic rings. The number of nitrogens with zero attached hydrogens (tertiary/aromatic N) is 2. The van der Waals surface area contributed by atoms with Crippen LogP contribution < -0.4 is 10.6 Å². The van der Waals surface area contributed by atoms with E-state index in [4.69, 9.17) is 11.6 Å². The Hall–Kier alpha value is -4.48. The number of aliphatic hydroxyl groups is 2. The van der Waals surface area contributed by atoms with E-state index in [9.17, 15) is 49.5 Å². The third kappa shape index (κ3) is 6.61. The molecule has 7 N–H and O–H groups in total. The van der Waals surface area contributed by atoms with E-state index in [2.05, 4.69) is 15.6 Å². The van der Waals surface area contributed by atoms with E-state index in [0.29, 0.717) is 33.1 Å². The second kappa shape index (κ2) is 13.2. The van der Waals surface area contributed by atoms with E-state index in [1.165, 1.54) is 28.0 Å². The zero-order valence-electron chi connectivity index (χ0n) is 25.1. The number of β-lactam (4-membered cyclic amide) rings is 1. The van der Waals surface area contributed by atoms with Gasteiger partial charge in [0.2, 0.25) is 17.9 Å². The molecular weight excluding hydrogens is 688 g/mol. The Morgan fingerprint density at radius 2 is 1.71 bits per heavy atom. The van der Waals surface area contributed by atoms with Crippen LogP contribution in [0.4, 0.5) is 5.69 Å². The minimum Gasteiger partial charge on any atom is -0.480 e. The molecule has 1 aromatic heterocycles. The third-order valence-electron chi connectivity index (χ3n) is 7.83. The Balaban J connectivity index is 0.000000188. The smallest absolute Gasteiger partial charge is 0.336 e. The number of rotatable bonds is 7. The van der Waals surface area contributed by atoms with Gasteiger partial charge in [-0.1, -0.05) is 41.9 Å². The minimum atomic E-state index is -2.73. The Morgan fingerprint density at radius 3 is 2.29 bits per heavy atom. The van der Waals surface area contributed by atoms with Crippen LogP contribution in [0, 0.1) is 0 Å². The Kier molecular flexibility index (Phi) is 9.58. The van der Waals surface area contributed by atoms with Crippen molar-refractivity contribution in [2.45, 2.75) is 53.9 Å². The van der Waals surface area contributed by atoms with Crippen molar-refractivity contribution in [1.82, 2.24) is 10.2 Å². The van der Waals surface area contributed by atoms with Crippen molar-refractivity contribution in [3.63, 3.8) is 0 Å². The fourth-order valence-corrected chi connectivity index (χ4v) is 8.14. The highest BCUT2D eigenvalue weighted by atomic mass is 35.5. The van der Waals surface area contributed by atoms with Crippen molar-refractivity contribution in [3.8, 4) is 0 Å². The number of thiophene rings is 1. The molecule has 0 spiro atoms. The lowest BCUT2D eigenvalue weighted by molar-refractivity contribution is -0.175. The number of amides is 2. The summed E-state index contributed by atoms with van der Waals surface area (Å²) in [5.74, 6) is -9.27. The number of carbonyl (C=O) groups excluding carboxylic acids is 2. The van der Waals surface area contributed by atoms with Gasteiger partial charge in [-0.05, 0) is 54.4 Å². The van der Waals surface area contributed by atoms with Gasteiger partial charge in [-0.15, -0.1) is 11.8 Å². The summed E-state index contributed by atoms with van der Waals surface area (Å²) in [5.41, 5.74) is 2.11. The van der Waals surface area contributed by atoms with Crippen LogP contribution in [0.1, 0.15) is 36.5 Å². The van der Waals surface area contributed by atoms with E-state index >= 15 is 0 Å². The van der Waals surface area contributed by atoms with Crippen LogP contribution in [0.5, 0.6) is 0 Å². The Morgan fingerprint density at radius 1 is 1.02 bits per heavy atom. The summed E-state index contributed by atoms with van der Waals surface area (Å²) >= 11 is 8.59. The van der Waals surface area contributed by atoms with Gasteiger partial charge in [0.15, 0.2) is 5.92 Å². The molecule has 2 aromatic carbocycles. The number of halogens is 1. The Bertz CT molecular complexity index is 1800. The molecule has 4 heterocycles. The molecule has 1 unspecified atom stereocenters. The fourth-order valence-electron chi connectivity index (χ4n) is 5.66. The molecule has 5 atom stereocenters. The van der Waals surface area contributed by atoms with Crippen molar-refractivity contribution in [2.75, 3.05) is 5.32 Å². The van der Waals surface area contributed by atoms with E-state index in [0.717, 1.165) is 0 Å². The van der Waals surface area contributed by atoms with Crippen molar-refractivity contribution in [1.29, 1.82) is 0 Å². The molecule has 3 aliphatic heterocycles. The van der Waals surface area contributed by atoms with Gasteiger partial charge in [0.05, 0.1) is 5.71 Å². The maximum absolute atomic E-state index is 12.4. The molecule has 14 nitrogen and oxygen atoms in total.